The number of hydrogen-bond acceptors (Lipinski definition) is 9. The van der Waals surface area contributed by atoms with Crippen molar-refractivity contribution in [2.24, 2.45) is 0 Å². The zero-order valence-corrected chi connectivity index (χ0v) is 16.5. The number of aromatic nitrogens is 5. The summed E-state index contributed by atoms with van der Waals surface area (Å²) < 4.78 is 7.33. The van der Waals surface area contributed by atoms with Crippen molar-refractivity contribution in [3.05, 3.63) is 24.3 Å². The van der Waals surface area contributed by atoms with Crippen molar-refractivity contribution in [1.29, 1.82) is 0 Å². The Labute approximate surface area is 160 Å². The molecule has 8 nitrogen and oxygen atoms in total. The second-order valence-electron chi connectivity index (χ2n) is 5.79. The van der Waals surface area contributed by atoms with Crippen LogP contribution in [0.5, 0.6) is 5.75 Å². The smallest absolute Gasteiger partial charge is 0.236 e. The van der Waals surface area contributed by atoms with Crippen LogP contribution in [-0.2, 0) is 0 Å². The molecule has 0 saturated heterocycles. The second kappa shape index (κ2) is 8.47. The molecule has 0 bridgehead atoms. The van der Waals surface area contributed by atoms with Crippen LogP contribution in [0.2, 0.25) is 0 Å². The molecule has 0 fully saturated rings. The van der Waals surface area contributed by atoms with Crippen molar-refractivity contribution in [3.8, 4) is 21.5 Å². The van der Waals surface area contributed by atoms with E-state index in [0.717, 1.165) is 29.3 Å². The third-order valence-corrected chi connectivity index (χ3v) is 4.98. The summed E-state index contributed by atoms with van der Waals surface area (Å²) in [6, 6.07) is 7.85. The largest absolute Gasteiger partial charge is 0.494 e. The lowest BCUT2D eigenvalue weighted by Gasteiger charge is -2.10. The predicted octanol–water partition coefficient (Wildman–Crippen LogP) is 2.42. The maximum absolute atomic E-state index is 5.90. The van der Waals surface area contributed by atoms with Crippen LogP contribution in [0.1, 0.15) is 6.42 Å². The highest BCUT2D eigenvalue weighted by Gasteiger charge is 2.14. The van der Waals surface area contributed by atoms with Crippen molar-refractivity contribution in [1.82, 2.24) is 29.9 Å². The molecule has 0 amide bonds. The Morgan fingerprint density at radius 3 is 2.88 bits per heavy atom. The van der Waals surface area contributed by atoms with Gasteiger partial charge in [-0.05, 0) is 38.9 Å². The van der Waals surface area contributed by atoms with Gasteiger partial charge in [-0.3, -0.25) is 0 Å². The summed E-state index contributed by atoms with van der Waals surface area (Å²) in [5.41, 5.74) is 6.85. The molecular formula is C16H21N7OS2. The molecule has 3 rings (SSSR count). The summed E-state index contributed by atoms with van der Waals surface area (Å²) in [6.07, 6.45) is 2.87. The number of ether oxygens (including phenoxy) is 1. The Kier molecular flexibility index (Phi) is 6.07. The lowest BCUT2D eigenvalue weighted by molar-refractivity contribution is 0.281. The molecule has 2 heterocycles. The van der Waals surface area contributed by atoms with Crippen molar-refractivity contribution in [2.45, 2.75) is 11.6 Å². The summed E-state index contributed by atoms with van der Waals surface area (Å²) in [6.45, 7) is 1.67. The fourth-order valence-electron chi connectivity index (χ4n) is 2.24. The molecule has 0 spiro atoms. The summed E-state index contributed by atoms with van der Waals surface area (Å²) in [5, 5.41) is 14.7. The number of anilines is 1. The van der Waals surface area contributed by atoms with E-state index in [1.54, 1.807) is 0 Å². The van der Waals surface area contributed by atoms with Crippen LogP contribution in [0, 0.1) is 0 Å². The SMILES string of the molecule is CSc1nc(N)n(-c2nnc(-c3cccc(OCCCN(C)C)c3)s2)n1. The highest BCUT2D eigenvalue weighted by atomic mass is 32.2. The summed E-state index contributed by atoms with van der Waals surface area (Å²) in [5.74, 6) is 1.12. The first-order valence-electron chi connectivity index (χ1n) is 8.05. The first-order valence-corrected chi connectivity index (χ1v) is 10.1. The number of nitrogen functional groups attached to an aromatic ring is 1. The maximum Gasteiger partial charge on any atom is 0.236 e. The minimum Gasteiger partial charge on any atom is -0.494 e. The Bertz CT molecular complexity index is 862. The quantitative estimate of drug-likeness (QED) is 0.462. The minimum atomic E-state index is 0.301. The lowest BCUT2D eigenvalue weighted by atomic mass is 10.2. The molecule has 3 aromatic rings. The van der Waals surface area contributed by atoms with Gasteiger partial charge in [-0.15, -0.1) is 15.3 Å². The Morgan fingerprint density at radius 1 is 1.31 bits per heavy atom. The molecule has 2 aromatic heterocycles. The average Bonchev–Trinajstić information content (AvgIpc) is 3.25. The minimum absolute atomic E-state index is 0.301. The molecule has 0 atom stereocenters. The van der Waals surface area contributed by atoms with E-state index in [1.807, 2.05) is 30.5 Å². The molecule has 0 aliphatic heterocycles. The molecule has 2 N–H and O–H groups in total. The van der Waals surface area contributed by atoms with Crippen LogP contribution < -0.4 is 10.5 Å². The molecule has 1 aromatic carbocycles. The molecule has 26 heavy (non-hydrogen) atoms. The Hall–Kier alpha value is -2.17. The van der Waals surface area contributed by atoms with Gasteiger partial charge >= 0.3 is 0 Å². The van der Waals surface area contributed by atoms with Crippen molar-refractivity contribution >= 4 is 29.0 Å². The van der Waals surface area contributed by atoms with E-state index < -0.39 is 0 Å². The molecular weight excluding hydrogens is 370 g/mol. The van der Waals surface area contributed by atoms with Gasteiger partial charge in [0.15, 0.2) is 0 Å². The highest BCUT2D eigenvalue weighted by Crippen LogP contribution is 2.29. The van der Waals surface area contributed by atoms with Crippen LogP contribution in [0.15, 0.2) is 29.4 Å². The van der Waals surface area contributed by atoms with Crippen molar-refractivity contribution in [3.63, 3.8) is 0 Å². The van der Waals surface area contributed by atoms with Gasteiger partial charge in [-0.25, -0.2) is 0 Å². The topological polar surface area (TPSA) is 95.0 Å². The molecule has 138 valence electrons. The Morgan fingerprint density at radius 2 is 2.15 bits per heavy atom. The van der Waals surface area contributed by atoms with Gasteiger partial charge in [0.25, 0.3) is 0 Å². The number of thioether (sulfide) groups is 1. The standard InChI is InChI=1S/C16H21N7OS2/c1-22(2)8-5-9-24-12-7-4-6-11(10-12)13-19-20-16(26-13)23-14(17)18-15(21-23)25-3/h4,6-7,10H,5,8-9H2,1-3H3,(H2,17,18,21). The number of rotatable bonds is 8. The molecule has 0 unspecified atom stereocenters. The van der Waals surface area contributed by atoms with Gasteiger partial charge < -0.3 is 15.4 Å². The third-order valence-electron chi connectivity index (χ3n) is 3.49. The maximum atomic E-state index is 5.90. The first kappa shape index (κ1) is 18.6. The molecule has 0 saturated carbocycles. The van der Waals surface area contributed by atoms with Gasteiger partial charge in [-0.2, -0.15) is 9.67 Å². The van der Waals surface area contributed by atoms with Gasteiger partial charge in [0.2, 0.25) is 16.2 Å². The van der Waals surface area contributed by atoms with Crippen LogP contribution in [0.25, 0.3) is 15.7 Å². The van der Waals surface area contributed by atoms with Gasteiger partial charge in [0.1, 0.15) is 10.8 Å². The molecule has 0 radical (unpaired) electrons. The number of benzene rings is 1. The fourth-order valence-corrected chi connectivity index (χ4v) is 3.39. The molecule has 0 aliphatic rings. The van der Waals surface area contributed by atoms with Gasteiger partial charge in [0.05, 0.1) is 6.61 Å². The summed E-state index contributed by atoms with van der Waals surface area (Å²) in [7, 11) is 4.11. The summed E-state index contributed by atoms with van der Waals surface area (Å²) >= 11 is 2.83. The van der Waals surface area contributed by atoms with Crippen molar-refractivity contribution in [2.75, 3.05) is 39.2 Å². The zero-order chi connectivity index (χ0) is 18.5. The Balaban J connectivity index is 1.72. The van der Waals surface area contributed by atoms with E-state index in [9.17, 15) is 0 Å². The third kappa shape index (κ3) is 4.51. The second-order valence-corrected chi connectivity index (χ2v) is 7.52. The van der Waals surface area contributed by atoms with Crippen LogP contribution in [0.3, 0.4) is 0 Å². The number of hydrogen-bond donors (Lipinski definition) is 1. The summed E-state index contributed by atoms with van der Waals surface area (Å²) in [4.78, 5) is 6.30. The van der Waals surface area contributed by atoms with E-state index >= 15 is 0 Å². The average molecular weight is 392 g/mol. The van der Waals surface area contributed by atoms with Crippen molar-refractivity contribution < 1.29 is 4.74 Å². The van der Waals surface area contributed by atoms with E-state index in [2.05, 4.69) is 39.3 Å². The first-order chi connectivity index (χ1) is 12.6. The van der Waals surface area contributed by atoms with Gasteiger partial charge in [-0.1, -0.05) is 35.2 Å². The van der Waals surface area contributed by atoms with E-state index in [-0.39, 0.29) is 0 Å². The fraction of sp³-hybridized carbons (Fsp3) is 0.375. The van der Waals surface area contributed by atoms with Crippen LogP contribution in [0.4, 0.5) is 5.95 Å². The molecule has 0 aliphatic carbocycles. The number of nitrogens with two attached hydrogens (primary N) is 1. The van der Waals surface area contributed by atoms with E-state index in [4.69, 9.17) is 10.5 Å². The van der Waals surface area contributed by atoms with Crippen LogP contribution >= 0.6 is 23.1 Å². The zero-order valence-electron chi connectivity index (χ0n) is 14.9. The van der Waals surface area contributed by atoms with E-state index in [0.29, 0.717) is 22.8 Å². The monoisotopic (exact) mass is 391 g/mol. The lowest BCUT2D eigenvalue weighted by Crippen LogP contribution is -2.15. The molecule has 10 heteroatoms. The highest BCUT2D eigenvalue weighted by molar-refractivity contribution is 7.98. The predicted molar refractivity (Wildman–Crippen MR) is 105 cm³/mol. The number of nitrogens with zero attached hydrogens (tertiary/aromatic N) is 6. The van der Waals surface area contributed by atoms with Gasteiger partial charge in [0, 0.05) is 12.1 Å². The van der Waals surface area contributed by atoms with E-state index in [1.165, 1.54) is 27.8 Å². The van der Waals surface area contributed by atoms with Crippen LogP contribution in [-0.4, -0.2) is 63.4 Å². The normalized spacial score (nSPS) is 11.2.